The number of rotatable bonds is 2. The van der Waals surface area contributed by atoms with Gasteiger partial charge in [0, 0.05) is 5.92 Å². The molecule has 0 radical (unpaired) electrons. The van der Waals surface area contributed by atoms with E-state index in [1.165, 1.54) is 0 Å². The van der Waals surface area contributed by atoms with E-state index in [9.17, 15) is 52.7 Å². The zero-order valence-electron chi connectivity index (χ0n) is 12.7. The monoisotopic (exact) mass is 426 g/mol. The summed E-state index contributed by atoms with van der Waals surface area (Å²) >= 11 is 0. The molecule has 0 aromatic heterocycles. The molecule has 0 aromatic carbocycles. The lowest BCUT2D eigenvalue weighted by molar-refractivity contribution is -0.388. The van der Waals surface area contributed by atoms with Crippen molar-refractivity contribution in [2.24, 2.45) is 17.8 Å². The highest BCUT2D eigenvalue weighted by Gasteiger charge is 2.84. The summed E-state index contributed by atoms with van der Waals surface area (Å²) in [6.07, 6.45) is -33.8. The minimum Gasteiger partial charge on any atom is -0.355 e. The zero-order valence-corrected chi connectivity index (χ0v) is 12.7. The van der Waals surface area contributed by atoms with Crippen LogP contribution < -0.4 is 0 Å². The van der Waals surface area contributed by atoms with Gasteiger partial charge in [-0.1, -0.05) is 0 Å². The van der Waals surface area contributed by atoms with E-state index in [1.54, 1.807) is 0 Å². The van der Waals surface area contributed by atoms with Crippen LogP contribution in [0.15, 0.2) is 0 Å². The Hall–Kier alpha value is -0.920. The molecule has 2 aliphatic carbocycles. The second-order valence-electron chi connectivity index (χ2n) is 6.88. The fourth-order valence-corrected chi connectivity index (χ4v) is 4.58. The molecule has 2 nitrogen and oxygen atoms in total. The minimum absolute atomic E-state index is 0.434. The van der Waals surface area contributed by atoms with Crippen molar-refractivity contribution in [3.8, 4) is 0 Å². The molecule has 158 valence electrons. The average molecular weight is 426 g/mol. The highest BCUT2D eigenvalue weighted by Crippen LogP contribution is 2.68. The largest absolute Gasteiger partial charge is 0.426 e. The molecule has 2 bridgehead atoms. The molecule has 0 aromatic rings. The molecule has 1 aliphatic heterocycles. The van der Waals surface area contributed by atoms with Gasteiger partial charge in [0.2, 0.25) is 6.10 Å². The van der Waals surface area contributed by atoms with E-state index in [-0.39, 0.29) is 0 Å². The minimum atomic E-state index is -5.94. The maximum Gasteiger partial charge on any atom is 0.426 e. The van der Waals surface area contributed by atoms with Crippen molar-refractivity contribution in [2.45, 2.75) is 61.5 Å². The predicted molar refractivity (Wildman–Crippen MR) is 60.2 cm³/mol. The summed E-state index contributed by atoms with van der Waals surface area (Å²) in [6, 6.07) is 0. The molecule has 3 rings (SSSR count). The topological polar surface area (TPSA) is 18.5 Å². The lowest BCUT2D eigenvalue weighted by Gasteiger charge is -2.36. The van der Waals surface area contributed by atoms with Crippen LogP contribution in [0.5, 0.6) is 0 Å². The number of fused-ring (bicyclic) bond motifs is 1. The number of ether oxygens (including phenoxy) is 2. The van der Waals surface area contributed by atoms with Gasteiger partial charge in [0.15, 0.2) is 0 Å². The SMILES string of the molecule is FC(F)(F)C(OC1C2OC(C(F)(F)F)(C(F)(F)F)C3C[C@@H]1C[C@H]23)C(F)(F)F. The standard InChI is InChI=1S/C13H10F12O2/c14-10(15,16)8(11(17,18)19)26-6-3-1-4-5(2-3)9(12(20,21)22,13(23,24)25)27-7(4)6/h3-8H,1-2H2/t3-,4-,5?,6?,7?/m0/s1. The quantitative estimate of drug-likeness (QED) is 0.592. The van der Waals surface area contributed by atoms with Crippen molar-refractivity contribution < 1.29 is 62.2 Å². The van der Waals surface area contributed by atoms with E-state index in [4.69, 9.17) is 0 Å². The van der Waals surface area contributed by atoms with Gasteiger partial charge in [0.05, 0.1) is 12.2 Å². The summed E-state index contributed by atoms with van der Waals surface area (Å²) in [5, 5.41) is 0. The molecule has 0 amide bonds. The Morgan fingerprint density at radius 2 is 1.26 bits per heavy atom. The smallest absolute Gasteiger partial charge is 0.355 e. The summed E-state index contributed by atoms with van der Waals surface area (Å²) in [5.74, 6) is -4.96. The van der Waals surface area contributed by atoms with Crippen LogP contribution >= 0.6 is 0 Å². The van der Waals surface area contributed by atoms with Crippen LogP contribution in [0.1, 0.15) is 12.8 Å². The van der Waals surface area contributed by atoms with Crippen molar-refractivity contribution in [3.05, 3.63) is 0 Å². The third kappa shape index (κ3) is 2.88. The van der Waals surface area contributed by atoms with Crippen LogP contribution in [0.2, 0.25) is 0 Å². The van der Waals surface area contributed by atoms with Crippen molar-refractivity contribution in [3.63, 3.8) is 0 Å². The molecule has 1 heterocycles. The summed E-state index contributed by atoms with van der Waals surface area (Å²) < 4.78 is 164. The first-order chi connectivity index (χ1) is 11.9. The Balaban J connectivity index is 1.94. The fraction of sp³-hybridized carbons (Fsp3) is 1.00. The Labute approximate surface area is 142 Å². The summed E-state index contributed by atoms with van der Waals surface area (Å²) in [5.41, 5.74) is -4.63. The zero-order chi connectivity index (χ0) is 20.8. The first-order valence-electron chi connectivity index (χ1n) is 7.51. The Bertz CT molecular complexity index is 560. The van der Waals surface area contributed by atoms with Crippen molar-refractivity contribution in [2.75, 3.05) is 0 Å². The Kier molecular flexibility index (Phi) is 4.29. The van der Waals surface area contributed by atoms with Crippen molar-refractivity contribution >= 4 is 0 Å². The maximum absolute atomic E-state index is 13.3. The number of hydrogen-bond acceptors (Lipinski definition) is 2. The van der Waals surface area contributed by atoms with Gasteiger partial charge in [-0.3, -0.25) is 0 Å². The molecular weight excluding hydrogens is 416 g/mol. The molecule has 5 atom stereocenters. The van der Waals surface area contributed by atoms with Crippen LogP contribution in [-0.4, -0.2) is 48.6 Å². The van der Waals surface area contributed by atoms with Crippen molar-refractivity contribution in [1.82, 2.24) is 0 Å². The first-order valence-corrected chi connectivity index (χ1v) is 7.51. The highest BCUT2D eigenvalue weighted by atomic mass is 19.4. The Morgan fingerprint density at radius 1 is 0.778 bits per heavy atom. The van der Waals surface area contributed by atoms with Gasteiger partial charge in [-0.25, -0.2) is 0 Å². The van der Waals surface area contributed by atoms with Crippen LogP contribution in [0, 0.1) is 17.8 Å². The molecule has 27 heavy (non-hydrogen) atoms. The number of alkyl halides is 12. The lowest BCUT2D eigenvalue weighted by Crippen LogP contribution is -2.60. The maximum atomic E-state index is 13.3. The number of hydrogen-bond donors (Lipinski definition) is 0. The van der Waals surface area contributed by atoms with Gasteiger partial charge in [0.25, 0.3) is 5.60 Å². The van der Waals surface area contributed by atoms with Crippen LogP contribution in [0.4, 0.5) is 52.7 Å². The van der Waals surface area contributed by atoms with E-state index < -0.39 is 79.2 Å². The molecule has 3 fully saturated rings. The van der Waals surface area contributed by atoms with Gasteiger partial charge in [-0.05, 0) is 24.7 Å². The summed E-state index contributed by atoms with van der Waals surface area (Å²) in [4.78, 5) is 0. The highest BCUT2D eigenvalue weighted by molar-refractivity contribution is 5.19. The molecule has 2 saturated carbocycles. The van der Waals surface area contributed by atoms with Crippen LogP contribution in [-0.2, 0) is 9.47 Å². The second-order valence-corrected chi connectivity index (χ2v) is 6.88. The average Bonchev–Trinajstić information content (AvgIpc) is 2.97. The number of halogens is 12. The third-order valence-corrected chi connectivity index (χ3v) is 5.43. The van der Waals surface area contributed by atoms with E-state index in [1.807, 2.05) is 0 Å². The van der Waals surface area contributed by atoms with Crippen LogP contribution in [0.3, 0.4) is 0 Å². The van der Waals surface area contributed by atoms with Gasteiger partial charge in [-0.2, -0.15) is 52.7 Å². The van der Waals surface area contributed by atoms with Gasteiger partial charge < -0.3 is 9.47 Å². The van der Waals surface area contributed by atoms with E-state index in [0.29, 0.717) is 0 Å². The summed E-state index contributed by atoms with van der Waals surface area (Å²) in [6.45, 7) is 0. The third-order valence-electron chi connectivity index (χ3n) is 5.43. The molecule has 1 saturated heterocycles. The normalized spacial score (nSPS) is 36.1. The van der Waals surface area contributed by atoms with E-state index in [2.05, 4.69) is 9.47 Å². The lowest BCUT2D eigenvalue weighted by atomic mass is 9.77. The Morgan fingerprint density at radius 3 is 1.67 bits per heavy atom. The second kappa shape index (κ2) is 5.57. The van der Waals surface area contributed by atoms with E-state index in [0.717, 1.165) is 0 Å². The molecule has 14 heteroatoms. The molecule has 0 N–H and O–H groups in total. The van der Waals surface area contributed by atoms with Gasteiger partial charge in [-0.15, -0.1) is 0 Å². The predicted octanol–water partition coefficient (Wildman–Crippen LogP) is 4.78. The molecule has 3 aliphatic rings. The molecular formula is C13H10F12O2. The summed E-state index contributed by atoms with van der Waals surface area (Å²) in [7, 11) is 0. The first kappa shape index (κ1) is 20.8. The van der Waals surface area contributed by atoms with Gasteiger partial charge >= 0.3 is 24.7 Å². The molecule has 3 unspecified atom stereocenters. The molecule has 0 spiro atoms. The van der Waals surface area contributed by atoms with Crippen molar-refractivity contribution in [1.29, 1.82) is 0 Å². The fourth-order valence-electron chi connectivity index (χ4n) is 4.58. The van der Waals surface area contributed by atoms with Crippen LogP contribution in [0.25, 0.3) is 0 Å². The van der Waals surface area contributed by atoms with E-state index >= 15 is 0 Å². The van der Waals surface area contributed by atoms with Gasteiger partial charge in [0.1, 0.15) is 0 Å².